The fourth-order valence-electron chi connectivity index (χ4n) is 2.69. The number of rotatable bonds is 9. The normalized spacial score (nSPS) is 10.9. The van der Waals surface area contributed by atoms with Gasteiger partial charge in [0.05, 0.1) is 33.3 Å². The summed E-state index contributed by atoms with van der Waals surface area (Å²) in [6.45, 7) is -0.226. The highest BCUT2D eigenvalue weighted by molar-refractivity contribution is 9.10. The molecule has 0 fully saturated rings. The van der Waals surface area contributed by atoms with E-state index in [1.54, 1.807) is 36.4 Å². The zero-order valence-corrected chi connectivity index (χ0v) is 19.0. The number of halogens is 1. The molecule has 0 aliphatic rings. The summed E-state index contributed by atoms with van der Waals surface area (Å²) in [6.07, 6.45) is 1.06. The third-order valence-corrected chi connectivity index (χ3v) is 5.73. The molecule has 0 bridgehead atoms. The number of carbonyl (C=O) groups excluding carboxylic acids is 1. The molecule has 29 heavy (non-hydrogen) atoms. The highest BCUT2D eigenvalue weighted by Gasteiger charge is 2.21. The molecule has 2 aromatic carbocycles. The Morgan fingerprint density at radius 2 is 1.62 bits per heavy atom. The largest absolute Gasteiger partial charge is 0.493 e. The SMILES string of the molecule is COc1ccc(CNC(=O)CN(c2ccc(Br)cc2)S(C)(=O)=O)c(OC)c1OC. The van der Waals surface area contributed by atoms with E-state index in [1.807, 2.05) is 0 Å². The Bertz CT molecular complexity index is 963. The Morgan fingerprint density at radius 3 is 2.14 bits per heavy atom. The lowest BCUT2D eigenvalue weighted by molar-refractivity contribution is -0.119. The molecular weight excluding hydrogens is 464 g/mol. The van der Waals surface area contributed by atoms with Gasteiger partial charge in [-0.3, -0.25) is 9.10 Å². The molecule has 0 saturated carbocycles. The molecule has 0 aliphatic heterocycles. The first-order valence-electron chi connectivity index (χ1n) is 8.49. The van der Waals surface area contributed by atoms with Gasteiger partial charge in [-0.1, -0.05) is 15.9 Å². The van der Waals surface area contributed by atoms with Crippen molar-refractivity contribution in [3.63, 3.8) is 0 Å². The van der Waals surface area contributed by atoms with Crippen molar-refractivity contribution in [3.8, 4) is 17.2 Å². The van der Waals surface area contributed by atoms with E-state index >= 15 is 0 Å². The van der Waals surface area contributed by atoms with E-state index in [-0.39, 0.29) is 13.1 Å². The van der Waals surface area contributed by atoms with Crippen LogP contribution in [0.1, 0.15) is 5.56 Å². The van der Waals surface area contributed by atoms with Crippen LogP contribution in [0, 0.1) is 0 Å². The van der Waals surface area contributed by atoms with Gasteiger partial charge in [-0.15, -0.1) is 0 Å². The molecule has 0 aliphatic carbocycles. The van der Waals surface area contributed by atoms with Gasteiger partial charge < -0.3 is 19.5 Å². The molecule has 2 rings (SSSR count). The molecule has 0 radical (unpaired) electrons. The minimum atomic E-state index is -3.65. The van der Waals surface area contributed by atoms with Crippen LogP contribution in [0.25, 0.3) is 0 Å². The maximum absolute atomic E-state index is 12.5. The zero-order valence-electron chi connectivity index (χ0n) is 16.6. The fraction of sp³-hybridized carbons (Fsp3) is 0.316. The quantitative estimate of drug-likeness (QED) is 0.585. The van der Waals surface area contributed by atoms with Crippen LogP contribution in [0.5, 0.6) is 17.2 Å². The van der Waals surface area contributed by atoms with Crippen LogP contribution in [0.4, 0.5) is 5.69 Å². The molecule has 0 heterocycles. The number of ether oxygens (including phenoxy) is 3. The monoisotopic (exact) mass is 486 g/mol. The Balaban J connectivity index is 2.17. The average Bonchev–Trinajstić information content (AvgIpc) is 2.69. The Hall–Kier alpha value is -2.46. The van der Waals surface area contributed by atoms with Gasteiger partial charge in [-0.25, -0.2) is 8.42 Å². The lowest BCUT2D eigenvalue weighted by atomic mass is 10.1. The molecule has 8 nitrogen and oxygen atoms in total. The minimum Gasteiger partial charge on any atom is -0.493 e. The fourth-order valence-corrected chi connectivity index (χ4v) is 3.81. The van der Waals surface area contributed by atoms with Crippen molar-refractivity contribution >= 4 is 37.5 Å². The number of nitrogens with one attached hydrogen (secondary N) is 1. The lowest BCUT2D eigenvalue weighted by Crippen LogP contribution is -2.40. The second kappa shape index (κ2) is 9.84. The number of benzene rings is 2. The maximum Gasteiger partial charge on any atom is 0.241 e. The lowest BCUT2D eigenvalue weighted by Gasteiger charge is -2.22. The smallest absolute Gasteiger partial charge is 0.241 e. The first-order chi connectivity index (χ1) is 13.7. The van der Waals surface area contributed by atoms with Gasteiger partial charge in [0.2, 0.25) is 21.7 Å². The number of hydrogen-bond donors (Lipinski definition) is 1. The van der Waals surface area contributed by atoms with E-state index in [2.05, 4.69) is 21.2 Å². The molecule has 158 valence electrons. The maximum atomic E-state index is 12.5. The number of hydrogen-bond acceptors (Lipinski definition) is 6. The molecule has 0 aromatic heterocycles. The van der Waals surface area contributed by atoms with E-state index in [0.717, 1.165) is 15.0 Å². The van der Waals surface area contributed by atoms with Crippen molar-refractivity contribution < 1.29 is 27.4 Å². The van der Waals surface area contributed by atoms with Gasteiger partial charge in [0, 0.05) is 16.6 Å². The predicted molar refractivity (Wildman–Crippen MR) is 114 cm³/mol. The van der Waals surface area contributed by atoms with Crippen molar-refractivity contribution in [3.05, 3.63) is 46.4 Å². The van der Waals surface area contributed by atoms with Crippen LogP contribution in [-0.4, -0.2) is 48.5 Å². The van der Waals surface area contributed by atoms with Gasteiger partial charge in [0.15, 0.2) is 11.5 Å². The Morgan fingerprint density at radius 1 is 1.00 bits per heavy atom. The third kappa shape index (κ3) is 5.77. The van der Waals surface area contributed by atoms with Crippen LogP contribution in [0.3, 0.4) is 0 Å². The van der Waals surface area contributed by atoms with Gasteiger partial charge in [-0.05, 0) is 36.4 Å². The van der Waals surface area contributed by atoms with Crippen molar-refractivity contribution in [1.29, 1.82) is 0 Å². The number of carbonyl (C=O) groups is 1. The summed E-state index contributed by atoms with van der Waals surface area (Å²) >= 11 is 3.30. The second-order valence-electron chi connectivity index (χ2n) is 6.02. The van der Waals surface area contributed by atoms with Crippen LogP contribution in [-0.2, 0) is 21.4 Å². The molecule has 1 N–H and O–H groups in total. The minimum absolute atomic E-state index is 0.125. The Kier molecular flexibility index (Phi) is 7.74. The number of anilines is 1. The summed E-state index contributed by atoms with van der Waals surface area (Å²) in [4.78, 5) is 12.5. The second-order valence-corrected chi connectivity index (χ2v) is 8.84. The number of nitrogens with zero attached hydrogens (tertiary/aromatic N) is 1. The van der Waals surface area contributed by atoms with Crippen molar-refractivity contribution in [2.75, 3.05) is 38.4 Å². The zero-order chi connectivity index (χ0) is 21.6. The molecule has 0 atom stereocenters. The topological polar surface area (TPSA) is 94.2 Å². The first-order valence-corrected chi connectivity index (χ1v) is 11.1. The molecular formula is C19H23BrN2O6S. The molecule has 0 saturated heterocycles. The van der Waals surface area contributed by atoms with E-state index in [9.17, 15) is 13.2 Å². The van der Waals surface area contributed by atoms with Crippen LogP contribution >= 0.6 is 15.9 Å². The summed E-state index contributed by atoms with van der Waals surface area (Å²) in [5.41, 5.74) is 1.06. The molecule has 0 spiro atoms. The van der Waals surface area contributed by atoms with Gasteiger partial charge in [0.1, 0.15) is 6.54 Å². The highest BCUT2D eigenvalue weighted by Crippen LogP contribution is 2.39. The van der Waals surface area contributed by atoms with Gasteiger partial charge in [-0.2, -0.15) is 0 Å². The Labute approximate surface area is 178 Å². The van der Waals surface area contributed by atoms with Gasteiger partial charge in [0.25, 0.3) is 0 Å². The number of sulfonamides is 1. The van der Waals surface area contributed by atoms with E-state index in [1.165, 1.54) is 21.3 Å². The van der Waals surface area contributed by atoms with Crippen LogP contribution in [0.15, 0.2) is 40.9 Å². The van der Waals surface area contributed by atoms with Crippen LogP contribution in [0.2, 0.25) is 0 Å². The predicted octanol–water partition coefficient (Wildman–Crippen LogP) is 2.56. The van der Waals surface area contributed by atoms with Gasteiger partial charge >= 0.3 is 0 Å². The number of methoxy groups -OCH3 is 3. The van der Waals surface area contributed by atoms with Crippen molar-refractivity contribution in [1.82, 2.24) is 5.32 Å². The molecule has 10 heteroatoms. The summed E-state index contributed by atoms with van der Waals surface area (Å²) in [5, 5.41) is 2.72. The molecule has 1 amide bonds. The number of amides is 1. The van der Waals surface area contributed by atoms with E-state index in [0.29, 0.717) is 28.5 Å². The first kappa shape index (κ1) is 22.8. The van der Waals surface area contributed by atoms with Crippen molar-refractivity contribution in [2.45, 2.75) is 6.54 Å². The van der Waals surface area contributed by atoms with Crippen LogP contribution < -0.4 is 23.8 Å². The molecule has 0 unspecified atom stereocenters. The third-order valence-electron chi connectivity index (χ3n) is 4.06. The van der Waals surface area contributed by atoms with Crippen molar-refractivity contribution in [2.24, 2.45) is 0 Å². The summed E-state index contributed by atoms with van der Waals surface area (Å²) in [7, 11) is 0.848. The van der Waals surface area contributed by atoms with E-state index in [4.69, 9.17) is 14.2 Å². The molecule has 2 aromatic rings. The summed E-state index contributed by atoms with van der Waals surface area (Å²) in [6, 6.07) is 10.1. The summed E-state index contributed by atoms with van der Waals surface area (Å²) in [5.74, 6) is 0.877. The average molecular weight is 487 g/mol. The summed E-state index contributed by atoms with van der Waals surface area (Å²) < 4.78 is 42.1. The standard InChI is InChI=1S/C19H23BrN2O6S/c1-26-16-10-5-13(18(27-2)19(16)28-3)11-21-17(23)12-22(29(4,24)25)15-8-6-14(20)7-9-15/h5-10H,11-12H2,1-4H3,(H,21,23). The highest BCUT2D eigenvalue weighted by atomic mass is 79.9. The van der Waals surface area contributed by atoms with E-state index < -0.39 is 15.9 Å².